The maximum absolute atomic E-state index is 14.4. The number of quaternary nitrogens is 1. The molecule has 1 amide bonds. The van der Waals surface area contributed by atoms with Gasteiger partial charge in [0.2, 0.25) is 15.9 Å². The summed E-state index contributed by atoms with van der Waals surface area (Å²) in [6.45, 7) is 15.0. The molecule has 9 heteroatoms. The number of sulfonamides is 1. The highest BCUT2D eigenvalue weighted by molar-refractivity contribution is 7.89. The predicted octanol–water partition coefficient (Wildman–Crippen LogP) is 6.59. The monoisotopic (exact) mass is 643 g/mol. The lowest BCUT2D eigenvalue weighted by atomic mass is 9.72. The van der Waals surface area contributed by atoms with Crippen LogP contribution >= 0.6 is 0 Å². The highest BCUT2D eigenvalue weighted by atomic mass is 32.2. The van der Waals surface area contributed by atoms with Crippen molar-refractivity contribution in [1.82, 2.24) is 4.31 Å². The molecular formula is C36H59N4O4S+. The lowest BCUT2D eigenvalue weighted by molar-refractivity contribution is -0.923. The summed E-state index contributed by atoms with van der Waals surface area (Å²) >= 11 is 0. The number of benzene rings is 2. The largest absolute Gasteiger partial charge is 0.390 e. The van der Waals surface area contributed by atoms with Crippen LogP contribution in [0.25, 0.3) is 0 Å². The number of hydrogen-bond acceptors (Lipinski definition) is 5. The molecule has 0 fully saturated rings. The molecule has 1 aliphatic rings. The van der Waals surface area contributed by atoms with E-state index in [4.69, 9.17) is 0 Å². The van der Waals surface area contributed by atoms with Crippen LogP contribution in [0.3, 0.4) is 0 Å². The van der Waals surface area contributed by atoms with Gasteiger partial charge in [-0.2, -0.15) is 4.31 Å². The topological polar surface area (TPSA) is 90.0 Å². The molecule has 8 nitrogen and oxygen atoms in total. The SMILES string of the molecule is CCCCC1(CCCC)C(O)C(c2cccc(NC(=O)CCC[N+](CC)(CC)CC)c2)c2cc(N(C)C)ccc2S(=O)(=O)N1C. The number of nitrogens with one attached hydrogen (secondary N) is 1. The Hall–Kier alpha value is -2.46. The Balaban J connectivity index is 2.10. The number of carbonyl (C=O) groups excluding carboxylic acids is 1. The van der Waals surface area contributed by atoms with Gasteiger partial charge in [0.05, 0.1) is 42.7 Å². The number of fused-ring (bicyclic) bond motifs is 1. The van der Waals surface area contributed by atoms with Gasteiger partial charge in [-0.1, -0.05) is 51.7 Å². The fraction of sp³-hybridized carbons (Fsp3) is 0.639. The van der Waals surface area contributed by atoms with Crippen molar-refractivity contribution in [2.75, 3.05) is 57.5 Å². The van der Waals surface area contributed by atoms with Crippen LogP contribution in [0.5, 0.6) is 0 Å². The Morgan fingerprint density at radius 1 is 0.956 bits per heavy atom. The normalized spacial score (nSPS) is 19.5. The van der Waals surface area contributed by atoms with Gasteiger partial charge in [-0.15, -0.1) is 0 Å². The predicted molar refractivity (Wildman–Crippen MR) is 186 cm³/mol. The highest BCUT2D eigenvalue weighted by Gasteiger charge is 2.53. The van der Waals surface area contributed by atoms with Crippen molar-refractivity contribution >= 4 is 27.3 Å². The summed E-state index contributed by atoms with van der Waals surface area (Å²) in [5, 5.41) is 15.7. The summed E-state index contributed by atoms with van der Waals surface area (Å²) in [5.74, 6) is -0.644. The molecule has 0 aromatic heterocycles. The van der Waals surface area contributed by atoms with Crippen LogP contribution in [0.2, 0.25) is 0 Å². The summed E-state index contributed by atoms with van der Waals surface area (Å²) in [6.07, 6.45) is 4.78. The average Bonchev–Trinajstić information content (AvgIpc) is 3.07. The molecule has 2 atom stereocenters. The smallest absolute Gasteiger partial charge is 0.243 e. The van der Waals surface area contributed by atoms with E-state index in [9.17, 15) is 18.3 Å². The van der Waals surface area contributed by atoms with Crippen LogP contribution in [0, 0.1) is 0 Å². The Kier molecular flexibility index (Phi) is 13.1. The third-order valence-corrected chi connectivity index (χ3v) is 12.5. The number of rotatable bonds is 16. The molecule has 2 aromatic rings. The molecule has 45 heavy (non-hydrogen) atoms. The summed E-state index contributed by atoms with van der Waals surface area (Å²) in [7, 11) is 1.59. The van der Waals surface area contributed by atoms with Crippen LogP contribution < -0.4 is 10.2 Å². The summed E-state index contributed by atoms with van der Waals surface area (Å²) in [6, 6.07) is 13.1. The Morgan fingerprint density at radius 2 is 1.58 bits per heavy atom. The van der Waals surface area contributed by atoms with Gasteiger partial charge in [-0.25, -0.2) is 8.42 Å². The molecule has 1 heterocycles. The minimum atomic E-state index is -3.92. The van der Waals surface area contributed by atoms with Gasteiger partial charge in [0.15, 0.2) is 0 Å². The summed E-state index contributed by atoms with van der Waals surface area (Å²) < 4.78 is 31.2. The molecule has 0 radical (unpaired) electrons. The van der Waals surface area contributed by atoms with E-state index >= 15 is 0 Å². The molecule has 2 N–H and O–H groups in total. The maximum atomic E-state index is 14.4. The van der Waals surface area contributed by atoms with E-state index in [1.807, 2.05) is 55.4 Å². The zero-order valence-corrected chi connectivity index (χ0v) is 29.9. The molecule has 0 bridgehead atoms. The quantitative estimate of drug-likeness (QED) is 0.202. The van der Waals surface area contributed by atoms with E-state index in [2.05, 4.69) is 39.9 Å². The Bertz CT molecular complexity index is 1360. The number of nitrogens with zero attached hydrogens (tertiary/aromatic N) is 3. The summed E-state index contributed by atoms with van der Waals surface area (Å²) in [5.41, 5.74) is 1.92. The van der Waals surface area contributed by atoms with E-state index in [1.165, 1.54) is 4.31 Å². The molecule has 1 aliphatic heterocycles. The van der Waals surface area contributed by atoms with E-state index in [0.29, 0.717) is 30.5 Å². The van der Waals surface area contributed by atoms with Gasteiger partial charge in [0.25, 0.3) is 0 Å². The zero-order valence-electron chi connectivity index (χ0n) is 29.1. The Morgan fingerprint density at radius 3 is 2.13 bits per heavy atom. The third-order valence-electron chi connectivity index (χ3n) is 10.5. The van der Waals surface area contributed by atoms with Gasteiger partial charge in [0.1, 0.15) is 0 Å². The number of aliphatic hydroxyl groups is 1. The molecular weight excluding hydrogens is 584 g/mol. The first-order valence-electron chi connectivity index (χ1n) is 17.1. The van der Waals surface area contributed by atoms with Gasteiger partial charge in [0, 0.05) is 51.3 Å². The van der Waals surface area contributed by atoms with Crippen molar-refractivity contribution in [3.63, 3.8) is 0 Å². The minimum absolute atomic E-state index is 0.0344. The van der Waals surface area contributed by atoms with E-state index in [-0.39, 0.29) is 10.8 Å². The maximum Gasteiger partial charge on any atom is 0.243 e. The van der Waals surface area contributed by atoms with Crippen LogP contribution in [-0.2, 0) is 14.8 Å². The second-order valence-electron chi connectivity index (χ2n) is 13.1. The minimum Gasteiger partial charge on any atom is -0.390 e. The molecule has 2 aromatic carbocycles. The van der Waals surface area contributed by atoms with Crippen LogP contribution in [-0.4, -0.2) is 87.2 Å². The van der Waals surface area contributed by atoms with Gasteiger partial charge in [-0.3, -0.25) is 4.79 Å². The van der Waals surface area contributed by atoms with E-state index < -0.39 is 27.6 Å². The molecule has 0 saturated carbocycles. The summed E-state index contributed by atoms with van der Waals surface area (Å²) in [4.78, 5) is 15.3. The first-order valence-corrected chi connectivity index (χ1v) is 18.5. The van der Waals surface area contributed by atoms with Crippen molar-refractivity contribution in [3.05, 3.63) is 53.6 Å². The second-order valence-corrected chi connectivity index (χ2v) is 15.1. The van der Waals surface area contributed by atoms with Crippen LogP contribution in [0.4, 0.5) is 11.4 Å². The molecule has 0 aliphatic carbocycles. The van der Waals surface area contributed by atoms with Crippen molar-refractivity contribution in [2.45, 2.75) is 108 Å². The number of unbranched alkanes of at least 4 members (excludes halogenated alkanes) is 2. The fourth-order valence-electron chi connectivity index (χ4n) is 7.16. The molecule has 252 valence electrons. The lowest BCUT2D eigenvalue weighted by Crippen LogP contribution is -2.57. The molecule has 3 rings (SSSR count). The lowest BCUT2D eigenvalue weighted by Gasteiger charge is -2.45. The van der Waals surface area contributed by atoms with Crippen molar-refractivity contribution in [2.24, 2.45) is 0 Å². The van der Waals surface area contributed by atoms with Gasteiger partial charge in [-0.05, 0) is 75.1 Å². The third kappa shape index (κ3) is 7.92. The standard InChI is InChI=1S/C36H58N4O4S/c1-9-14-23-36(24-15-10-2)35(42)34(31-27-30(38(6)7)21-22-32(31)45(43,44)39(36)8)28-18-16-19-29(26-28)37-33(41)20-17-25-40(11-3,12-4)13-5/h16,18-19,21-22,26-27,34-35,42H,9-15,17,20,23-25H2,1-8H3/p+1. The number of anilines is 2. The average molecular weight is 644 g/mol. The zero-order chi connectivity index (χ0) is 33.4. The Labute approximate surface area is 273 Å². The van der Waals surface area contributed by atoms with Crippen molar-refractivity contribution in [1.29, 1.82) is 0 Å². The van der Waals surface area contributed by atoms with Crippen molar-refractivity contribution < 1.29 is 22.8 Å². The van der Waals surface area contributed by atoms with Crippen molar-refractivity contribution in [3.8, 4) is 0 Å². The van der Waals surface area contributed by atoms with Crippen LogP contribution in [0.1, 0.15) is 103 Å². The molecule has 0 saturated heterocycles. The number of carbonyl (C=O) groups is 1. The number of hydrogen-bond donors (Lipinski definition) is 2. The first-order chi connectivity index (χ1) is 21.4. The number of likely N-dealkylation sites (N-methyl/N-ethyl adjacent to an activating group) is 1. The molecule has 0 spiro atoms. The second kappa shape index (κ2) is 15.9. The van der Waals surface area contributed by atoms with E-state index in [0.717, 1.165) is 74.0 Å². The van der Waals surface area contributed by atoms with Gasteiger partial charge < -0.3 is 19.8 Å². The van der Waals surface area contributed by atoms with E-state index in [1.54, 1.807) is 13.1 Å². The van der Waals surface area contributed by atoms with Gasteiger partial charge >= 0.3 is 0 Å². The fourth-order valence-corrected chi connectivity index (χ4v) is 8.95. The van der Waals surface area contributed by atoms with Crippen LogP contribution in [0.15, 0.2) is 47.4 Å². The number of aliphatic hydroxyl groups excluding tert-OH is 1. The molecule has 2 unspecified atom stereocenters. The first kappa shape index (κ1) is 37.0. The highest BCUT2D eigenvalue weighted by Crippen LogP contribution is 2.48. The number of amides is 1.